The fourth-order valence-corrected chi connectivity index (χ4v) is 3.65. The highest BCUT2D eigenvalue weighted by Gasteiger charge is 2.39. The Kier molecular flexibility index (Phi) is 6.90. The molecular weight excluding hydrogens is 332 g/mol. The van der Waals surface area contributed by atoms with E-state index in [0.717, 1.165) is 58.4 Å². The number of nitrogens with zero attached hydrogens (tertiary/aromatic N) is 2. The maximum atomic E-state index is 12.2. The van der Waals surface area contributed by atoms with Crippen molar-refractivity contribution in [1.82, 2.24) is 9.80 Å². The molecule has 2 aliphatic heterocycles. The van der Waals surface area contributed by atoms with Crippen molar-refractivity contribution in [2.75, 3.05) is 39.8 Å². The third-order valence-corrected chi connectivity index (χ3v) is 5.35. The van der Waals surface area contributed by atoms with Gasteiger partial charge in [0.1, 0.15) is 5.60 Å². The molecule has 26 heavy (non-hydrogen) atoms. The lowest BCUT2D eigenvalue weighted by Crippen LogP contribution is -2.49. The zero-order chi connectivity index (χ0) is 19.2. The summed E-state index contributed by atoms with van der Waals surface area (Å²) in [5.74, 6) is 1.99. The van der Waals surface area contributed by atoms with E-state index in [1.54, 1.807) is 12.0 Å². The number of carbonyl (C=O) groups excluding carboxylic acids is 2. The van der Waals surface area contributed by atoms with Crippen molar-refractivity contribution in [3.63, 3.8) is 0 Å². The lowest BCUT2D eigenvalue weighted by Gasteiger charge is -2.46. The van der Waals surface area contributed by atoms with Crippen molar-refractivity contribution < 1.29 is 19.1 Å². The molecule has 0 unspecified atom stereocenters. The minimum absolute atomic E-state index is 0.188. The molecular formula is C20H32N2O4. The van der Waals surface area contributed by atoms with Gasteiger partial charge in [0.2, 0.25) is 5.76 Å². The van der Waals surface area contributed by atoms with E-state index in [4.69, 9.17) is 9.47 Å². The van der Waals surface area contributed by atoms with E-state index >= 15 is 0 Å². The second kappa shape index (κ2) is 8.74. The van der Waals surface area contributed by atoms with Gasteiger partial charge in [0, 0.05) is 19.6 Å². The van der Waals surface area contributed by atoms with Gasteiger partial charge in [0.05, 0.1) is 7.11 Å². The summed E-state index contributed by atoms with van der Waals surface area (Å²) in [6, 6.07) is 0. The van der Waals surface area contributed by atoms with E-state index in [1.807, 2.05) is 31.7 Å². The number of likely N-dealkylation sites (tertiary alicyclic amines) is 2. The van der Waals surface area contributed by atoms with Crippen LogP contribution in [0.15, 0.2) is 17.9 Å². The van der Waals surface area contributed by atoms with Crippen LogP contribution in [0.5, 0.6) is 0 Å². The van der Waals surface area contributed by atoms with Crippen molar-refractivity contribution in [2.24, 2.45) is 5.41 Å². The molecule has 2 aliphatic rings. The Balaban J connectivity index is 1.76. The lowest BCUT2D eigenvalue weighted by atomic mass is 9.71. The second-order valence-electron chi connectivity index (χ2n) is 8.34. The minimum Gasteiger partial charge on any atom is -0.487 e. The van der Waals surface area contributed by atoms with Crippen LogP contribution in [0.2, 0.25) is 0 Å². The number of carbonyl (C=O) groups is 1. The average molecular weight is 364 g/mol. The smallest absolute Gasteiger partial charge is 0.410 e. The van der Waals surface area contributed by atoms with Gasteiger partial charge in [-0.3, -0.25) is 4.90 Å². The quantitative estimate of drug-likeness (QED) is 0.436. The van der Waals surface area contributed by atoms with Crippen LogP contribution < -0.4 is 0 Å². The van der Waals surface area contributed by atoms with Gasteiger partial charge in [-0.1, -0.05) is 6.08 Å². The van der Waals surface area contributed by atoms with Crippen LogP contribution in [0.4, 0.5) is 4.79 Å². The molecule has 1 amide bonds. The van der Waals surface area contributed by atoms with E-state index < -0.39 is 5.60 Å². The number of rotatable bonds is 4. The van der Waals surface area contributed by atoms with Gasteiger partial charge in [0.25, 0.3) is 0 Å². The van der Waals surface area contributed by atoms with E-state index in [-0.39, 0.29) is 11.9 Å². The van der Waals surface area contributed by atoms with Gasteiger partial charge in [-0.2, -0.15) is 0 Å². The third kappa shape index (κ3) is 5.89. The molecule has 146 valence electrons. The summed E-state index contributed by atoms with van der Waals surface area (Å²) in [4.78, 5) is 27.0. The second-order valence-corrected chi connectivity index (χ2v) is 8.34. The molecule has 0 saturated carbocycles. The summed E-state index contributed by atoms with van der Waals surface area (Å²) in [6.45, 7) is 10.2. The van der Waals surface area contributed by atoms with Crippen LogP contribution in [0.3, 0.4) is 0 Å². The van der Waals surface area contributed by atoms with Crippen molar-refractivity contribution in [3.05, 3.63) is 17.9 Å². The first-order chi connectivity index (χ1) is 12.3. The van der Waals surface area contributed by atoms with Gasteiger partial charge < -0.3 is 14.4 Å². The molecule has 6 nitrogen and oxygen atoms in total. The highest BCUT2D eigenvalue weighted by atomic mass is 16.6. The number of ether oxygens (including phenoxy) is 2. The maximum Gasteiger partial charge on any atom is 0.410 e. The van der Waals surface area contributed by atoms with Crippen LogP contribution in [-0.4, -0.2) is 67.3 Å². The summed E-state index contributed by atoms with van der Waals surface area (Å²) in [6.07, 6.45) is 7.86. The topological polar surface area (TPSA) is 59.1 Å². The van der Waals surface area contributed by atoms with Gasteiger partial charge >= 0.3 is 6.09 Å². The summed E-state index contributed by atoms with van der Waals surface area (Å²) in [5, 5.41) is 0. The summed E-state index contributed by atoms with van der Waals surface area (Å²) < 4.78 is 10.4. The number of methoxy groups -OCH3 is 1. The molecule has 2 fully saturated rings. The fraction of sp³-hybridized carbons (Fsp3) is 0.750. The molecule has 0 aromatic carbocycles. The van der Waals surface area contributed by atoms with Crippen molar-refractivity contribution >= 4 is 12.0 Å². The molecule has 0 bridgehead atoms. The number of allylic oxidation sites excluding steroid dienone is 1. The zero-order valence-electron chi connectivity index (χ0n) is 16.5. The predicted octanol–water partition coefficient (Wildman–Crippen LogP) is 3.02. The van der Waals surface area contributed by atoms with Gasteiger partial charge in [0.15, 0.2) is 5.94 Å². The normalized spacial score (nSPS) is 20.8. The molecule has 1 spiro atoms. The molecule has 0 N–H and O–H groups in total. The molecule has 0 aromatic rings. The molecule has 0 radical (unpaired) electrons. The Labute approximate surface area is 156 Å². The van der Waals surface area contributed by atoms with E-state index in [9.17, 15) is 9.59 Å². The standard InChI is InChI=1S/C20H32N2O4/c1-19(2,3)26-18(24)22-14-9-20(10-15-22)7-12-21(13-8-20)11-5-6-17(16-23)25-4/h5-6H,7-15H2,1-4H3/b6-5+. The summed E-state index contributed by atoms with van der Waals surface area (Å²) in [5.41, 5.74) is -0.0775. The predicted molar refractivity (Wildman–Crippen MR) is 101 cm³/mol. The number of amides is 1. The zero-order valence-corrected chi connectivity index (χ0v) is 16.5. The molecule has 6 heteroatoms. The number of piperidine rings is 2. The number of hydrogen-bond donors (Lipinski definition) is 0. The minimum atomic E-state index is -0.438. The maximum absolute atomic E-state index is 12.2. The third-order valence-electron chi connectivity index (χ3n) is 5.35. The Morgan fingerprint density at radius 2 is 1.69 bits per heavy atom. The highest BCUT2D eigenvalue weighted by molar-refractivity contribution is 5.68. The van der Waals surface area contributed by atoms with Crippen LogP contribution in [0.25, 0.3) is 0 Å². The Morgan fingerprint density at radius 3 is 2.19 bits per heavy atom. The molecule has 2 heterocycles. The van der Waals surface area contributed by atoms with E-state index in [0.29, 0.717) is 5.41 Å². The summed E-state index contributed by atoms with van der Waals surface area (Å²) in [7, 11) is 1.47. The first-order valence-electron chi connectivity index (χ1n) is 9.43. The molecule has 2 saturated heterocycles. The first kappa shape index (κ1) is 20.5. The van der Waals surface area contributed by atoms with Crippen molar-refractivity contribution in [1.29, 1.82) is 0 Å². The molecule has 0 aromatic heterocycles. The van der Waals surface area contributed by atoms with Gasteiger partial charge in [-0.15, -0.1) is 0 Å². The average Bonchev–Trinajstić information content (AvgIpc) is 2.60. The van der Waals surface area contributed by atoms with E-state index in [2.05, 4.69) is 4.90 Å². The Hall–Kier alpha value is -1.78. The largest absolute Gasteiger partial charge is 0.487 e. The lowest BCUT2D eigenvalue weighted by molar-refractivity contribution is -0.00147. The van der Waals surface area contributed by atoms with Crippen molar-refractivity contribution in [3.8, 4) is 0 Å². The van der Waals surface area contributed by atoms with Gasteiger partial charge in [-0.25, -0.2) is 9.59 Å². The Bertz CT molecular complexity index is 555. The summed E-state index contributed by atoms with van der Waals surface area (Å²) >= 11 is 0. The fourth-order valence-electron chi connectivity index (χ4n) is 3.65. The van der Waals surface area contributed by atoms with E-state index in [1.165, 1.54) is 7.11 Å². The van der Waals surface area contributed by atoms with Crippen molar-refractivity contribution in [2.45, 2.75) is 52.1 Å². The molecule has 0 aliphatic carbocycles. The molecule has 0 atom stereocenters. The molecule has 2 rings (SSSR count). The van der Waals surface area contributed by atoms with Crippen LogP contribution in [0.1, 0.15) is 46.5 Å². The SMILES string of the molecule is COC(=C=O)/C=C/CN1CCC2(CC1)CCN(C(=O)OC(C)(C)C)CC2. The van der Waals surface area contributed by atoms with Crippen LogP contribution in [-0.2, 0) is 14.3 Å². The highest BCUT2D eigenvalue weighted by Crippen LogP contribution is 2.41. The monoisotopic (exact) mass is 364 g/mol. The van der Waals surface area contributed by atoms with Crippen LogP contribution in [0, 0.1) is 5.41 Å². The number of hydrogen-bond acceptors (Lipinski definition) is 5. The van der Waals surface area contributed by atoms with Gasteiger partial charge in [-0.05, 0) is 71.0 Å². The first-order valence-corrected chi connectivity index (χ1v) is 9.43. The Morgan fingerprint density at radius 1 is 1.12 bits per heavy atom. The van der Waals surface area contributed by atoms with Crippen LogP contribution >= 0.6 is 0 Å².